The van der Waals surface area contributed by atoms with Gasteiger partial charge in [0.25, 0.3) is 5.91 Å². The second-order valence-corrected chi connectivity index (χ2v) is 7.30. The smallest absolute Gasteiger partial charge is 0.255 e. The highest BCUT2D eigenvalue weighted by Gasteiger charge is 2.27. The molecule has 0 spiro atoms. The molecule has 0 saturated carbocycles. The zero-order valence-corrected chi connectivity index (χ0v) is 14.1. The number of aliphatic hydroxyl groups is 1. The van der Waals surface area contributed by atoms with Crippen molar-refractivity contribution in [2.75, 3.05) is 24.7 Å². The number of aliphatic hydroxyl groups excluding tert-OH is 1. The van der Waals surface area contributed by atoms with Gasteiger partial charge in [0, 0.05) is 37.2 Å². The van der Waals surface area contributed by atoms with Gasteiger partial charge in [-0.3, -0.25) is 4.79 Å². The van der Waals surface area contributed by atoms with Crippen molar-refractivity contribution in [3.05, 3.63) is 23.9 Å². The minimum atomic E-state index is 0.0126. The third kappa shape index (κ3) is 4.18. The first-order valence-corrected chi connectivity index (χ1v) is 9.55. The molecular formula is C17H24N2O3S. The van der Waals surface area contributed by atoms with Crippen LogP contribution in [0.2, 0.25) is 0 Å². The Hall–Kier alpha value is -1.27. The lowest BCUT2D eigenvalue weighted by Gasteiger charge is -2.35. The quantitative estimate of drug-likeness (QED) is 0.894. The Balaban J connectivity index is 1.64. The van der Waals surface area contributed by atoms with Crippen LogP contribution in [0.3, 0.4) is 0 Å². The van der Waals surface area contributed by atoms with Crippen molar-refractivity contribution >= 4 is 17.7 Å². The van der Waals surface area contributed by atoms with E-state index in [-0.39, 0.29) is 24.7 Å². The monoisotopic (exact) mass is 336 g/mol. The van der Waals surface area contributed by atoms with Gasteiger partial charge < -0.3 is 14.7 Å². The molecule has 1 aromatic rings. The van der Waals surface area contributed by atoms with E-state index in [1.807, 2.05) is 16.7 Å². The second kappa shape index (κ2) is 8.02. The van der Waals surface area contributed by atoms with E-state index in [1.54, 1.807) is 18.3 Å². The maximum atomic E-state index is 12.7. The first kappa shape index (κ1) is 16.6. The Morgan fingerprint density at radius 1 is 1.39 bits per heavy atom. The van der Waals surface area contributed by atoms with Crippen molar-refractivity contribution in [2.24, 2.45) is 0 Å². The van der Waals surface area contributed by atoms with E-state index in [0.29, 0.717) is 17.9 Å². The molecule has 0 bridgehead atoms. The second-order valence-electron chi connectivity index (χ2n) is 6.15. The van der Waals surface area contributed by atoms with Crippen molar-refractivity contribution in [3.63, 3.8) is 0 Å². The highest BCUT2D eigenvalue weighted by atomic mass is 32.2. The summed E-state index contributed by atoms with van der Waals surface area (Å²) in [5.74, 6) is 2.76. The zero-order valence-electron chi connectivity index (χ0n) is 13.3. The molecular weight excluding hydrogens is 312 g/mol. The predicted molar refractivity (Wildman–Crippen MR) is 91.0 cm³/mol. The molecule has 126 valence electrons. The van der Waals surface area contributed by atoms with Crippen molar-refractivity contribution < 1.29 is 14.6 Å². The van der Waals surface area contributed by atoms with Gasteiger partial charge in [-0.1, -0.05) is 0 Å². The Bertz CT molecular complexity index is 515. The number of nitrogens with zero attached hydrogens (tertiary/aromatic N) is 2. The molecule has 3 heterocycles. The molecule has 5 nitrogen and oxygen atoms in total. The van der Waals surface area contributed by atoms with Crippen LogP contribution in [0.25, 0.3) is 0 Å². The largest absolute Gasteiger partial charge is 0.473 e. The first-order valence-electron chi connectivity index (χ1n) is 8.40. The molecule has 3 rings (SSSR count). The van der Waals surface area contributed by atoms with Crippen LogP contribution in [0.5, 0.6) is 5.88 Å². The number of pyridine rings is 1. The number of piperidine rings is 1. The van der Waals surface area contributed by atoms with Crippen LogP contribution in [0, 0.1) is 0 Å². The third-order valence-electron chi connectivity index (χ3n) is 4.51. The number of carbonyl (C=O) groups is 1. The van der Waals surface area contributed by atoms with Crippen molar-refractivity contribution in [3.8, 4) is 5.88 Å². The predicted octanol–water partition coefficient (Wildman–Crippen LogP) is 2.34. The molecule has 0 aromatic carbocycles. The Morgan fingerprint density at radius 3 is 3.00 bits per heavy atom. The van der Waals surface area contributed by atoms with E-state index in [2.05, 4.69) is 4.98 Å². The van der Waals surface area contributed by atoms with Crippen LogP contribution >= 0.6 is 11.8 Å². The number of hydrogen-bond acceptors (Lipinski definition) is 5. The molecule has 2 aliphatic rings. The summed E-state index contributed by atoms with van der Waals surface area (Å²) >= 11 is 1.90. The first-order chi connectivity index (χ1) is 11.3. The maximum absolute atomic E-state index is 12.7. The highest BCUT2D eigenvalue weighted by Crippen LogP contribution is 2.24. The van der Waals surface area contributed by atoms with Crippen LogP contribution in [0.1, 0.15) is 42.5 Å². The summed E-state index contributed by atoms with van der Waals surface area (Å²) in [5, 5.41) is 9.19. The number of carbonyl (C=O) groups excluding carboxylic acids is 1. The number of ether oxygens (including phenoxy) is 1. The lowest BCUT2D eigenvalue weighted by Crippen LogP contribution is -2.44. The lowest BCUT2D eigenvalue weighted by molar-refractivity contribution is 0.0574. The number of aromatic nitrogens is 1. The average molecular weight is 336 g/mol. The van der Waals surface area contributed by atoms with Crippen LogP contribution in [-0.4, -0.2) is 57.7 Å². The molecule has 2 saturated heterocycles. The molecule has 1 amide bonds. The summed E-state index contributed by atoms with van der Waals surface area (Å²) < 4.78 is 5.83. The van der Waals surface area contributed by atoms with Crippen LogP contribution in [0.4, 0.5) is 0 Å². The summed E-state index contributed by atoms with van der Waals surface area (Å²) in [7, 11) is 0. The van der Waals surface area contributed by atoms with Crippen molar-refractivity contribution in [2.45, 2.75) is 44.2 Å². The Labute approximate surface area is 141 Å². The fourth-order valence-corrected chi connectivity index (χ4v) is 4.33. The minimum Gasteiger partial charge on any atom is -0.473 e. The summed E-state index contributed by atoms with van der Waals surface area (Å²) in [6.45, 7) is 0.889. The summed E-state index contributed by atoms with van der Waals surface area (Å²) in [6.07, 6.45) is 6.69. The molecule has 2 unspecified atom stereocenters. The van der Waals surface area contributed by atoms with E-state index in [9.17, 15) is 9.90 Å². The summed E-state index contributed by atoms with van der Waals surface area (Å²) in [5.41, 5.74) is 0.600. The van der Waals surface area contributed by atoms with Gasteiger partial charge in [0.15, 0.2) is 0 Å². The Morgan fingerprint density at radius 2 is 2.30 bits per heavy atom. The Kier molecular flexibility index (Phi) is 5.78. The number of hydrogen-bond donors (Lipinski definition) is 1. The molecule has 6 heteroatoms. The van der Waals surface area contributed by atoms with Gasteiger partial charge in [0.1, 0.15) is 6.10 Å². The van der Waals surface area contributed by atoms with Gasteiger partial charge in [-0.2, -0.15) is 11.8 Å². The van der Waals surface area contributed by atoms with Crippen molar-refractivity contribution in [1.82, 2.24) is 9.88 Å². The zero-order chi connectivity index (χ0) is 16.1. The molecule has 23 heavy (non-hydrogen) atoms. The van der Waals surface area contributed by atoms with Gasteiger partial charge in [-0.15, -0.1) is 0 Å². The standard InChI is InChI=1S/C17H24N2O3S/c20-9-6-14-3-1-2-8-19(14)17(21)13-4-5-16(18-11-13)22-15-7-10-23-12-15/h4-5,11,14-15,20H,1-3,6-10,12H2. The molecule has 0 aliphatic carbocycles. The van der Waals surface area contributed by atoms with E-state index in [1.165, 1.54) is 0 Å². The fraction of sp³-hybridized carbons (Fsp3) is 0.647. The lowest BCUT2D eigenvalue weighted by atomic mass is 9.98. The SMILES string of the molecule is O=C(c1ccc(OC2CCSC2)nc1)N1CCCCC1CCO. The van der Waals surface area contributed by atoms with Gasteiger partial charge in [-0.25, -0.2) is 4.98 Å². The molecule has 1 aromatic heterocycles. The van der Waals surface area contributed by atoms with E-state index < -0.39 is 0 Å². The summed E-state index contributed by atoms with van der Waals surface area (Å²) in [6, 6.07) is 3.74. The van der Waals surface area contributed by atoms with E-state index >= 15 is 0 Å². The van der Waals surface area contributed by atoms with Gasteiger partial charge in [0.2, 0.25) is 5.88 Å². The van der Waals surface area contributed by atoms with Crippen LogP contribution in [-0.2, 0) is 0 Å². The molecule has 0 radical (unpaired) electrons. The molecule has 2 aliphatic heterocycles. The average Bonchev–Trinajstić information content (AvgIpc) is 3.09. The van der Waals surface area contributed by atoms with Gasteiger partial charge in [-0.05, 0) is 43.9 Å². The van der Waals surface area contributed by atoms with E-state index in [4.69, 9.17) is 4.74 Å². The number of rotatable bonds is 5. The van der Waals surface area contributed by atoms with Crippen LogP contribution < -0.4 is 4.74 Å². The normalized spacial score (nSPS) is 24.7. The number of thioether (sulfide) groups is 1. The topological polar surface area (TPSA) is 62.7 Å². The highest BCUT2D eigenvalue weighted by molar-refractivity contribution is 7.99. The van der Waals surface area contributed by atoms with Crippen molar-refractivity contribution in [1.29, 1.82) is 0 Å². The van der Waals surface area contributed by atoms with Gasteiger partial charge in [0.05, 0.1) is 5.56 Å². The number of amides is 1. The minimum absolute atomic E-state index is 0.0126. The fourth-order valence-electron chi connectivity index (χ4n) is 3.24. The number of likely N-dealkylation sites (tertiary alicyclic amines) is 1. The van der Waals surface area contributed by atoms with Crippen LogP contribution in [0.15, 0.2) is 18.3 Å². The molecule has 2 fully saturated rings. The molecule has 2 atom stereocenters. The third-order valence-corrected chi connectivity index (χ3v) is 5.64. The van der Waals surface area contributed by atoms with Gasteiger partial charge >= 0.3 is 0 Å². The van der Waals surface area contributed by atoms with E-state index in [0.717, 1.165) is 43.7 Å². The molecule has 1 N–H and O–H groups in total. The maximum Gasteiger partial charge on any atom is 0.255 e. The summed E-state index contributed by atoms with van der Waals surface area (Å²) in [4.78, 5) is 18.9.